The van der Waals surface area contributed by atoms with Crippen LogP contribution < -0.4 is 0 Å². The molecule has 68 valence electrons. The Morgan fingerprint density at radius 1 is 1.15 bits per heavy atom. The first-order chi connectivity index (χ1) is 6.10. The lowest BCUT2D eigenvalue weighted by atomic mass is 10.4. The van der Waals surface area contributed by atoms with Crippen molar-refractivity contribution in [1.29, 1.82) is 10.5 Å². The van der Waals surface area contributed by atoms with E-state index < -0.39 is 0 Å². The third kappa shape index (κ3) is 167. The Bertz CT molecular complexity index is 230. The van der Waals surface area contributed by atoms with Crippen LogP contribution in [-0.2, 0) is 0 Å². The molecule has 0 fully saturated rings. The molecular formula is C11H14N2. The second kappa shape index (κ2) is 22.5. The predicted molar refractivity (Wildman–Crippen MR) is 56.6 cm³/mol. The molecule has 0 atom stereocenters. The van der Waals surface area contributed by atoms with Gasteiger partial charge in [-0.3, -0.25) is 0 Å². The fraction of sp³-hybridized carbons (Fsp3) is 0.0909. The highest BCUT2D eigenvalue weighted by Gasteiger charge is 1.64. The van der Waals surface area contributed by atoms with Gasteiger partial charge in [0.15, 0.2) is 0 Å². The lowest BCUT2D eigenvalue weighted by Gasteiger charge is -1.61. The minimum Gasteiger partial charge on any atom is -0.193 e. The van der Waals surface area contributed by atoms with Gasteiger partial charge >= 0.3 is 0 Å². The van der Waals surface area contributed by atoms with Crippen LogP contribution in [0.4, 0.5) is 0 Å². The fourth-order valence-corrected chi connectivity index (χ4v) is 0. The van der Waals surface area contributed by atoms with Gasteiger partial charge in [0.2, 0.25) is 0 Å². The van der Waals surface area contributed by atoms with Crippen LogP contribution in [0.5, 0.6) is 0 Å². The predicted octanol–water partition coefficient (Wildman–Crippen LogP) is 3.14. The summed E-state index contributed by atoms with van der Waals surface area (Å²) in [6.07, 6.45) is 4.46. The number of allylic oxidation sites excluding steroid dienone is 4. The lowest BCUT2D eigenvalue weighted by Crippen LogP contribution is -1.51. The lowest BCUT2D eigenvalue weighted by molar-refractivity contribution is 1.46. The van der Waals surface area contributed by atoms with E-state index >= 15 is 0 Å². The molecule has 0 unspecified atom stereocenters. The molecule has 0 saturated carbocycles. The van der Waals surface area contributed by atoms with Crippen molar-refractivity contribution in [3.63, 3.8) is 0 Å². The highest BCUT2D eigenvalue weighted by Crippen LogP contribution is 1.74. The molecule has 0 rings (SSSR count). The molecule has 0 aliphatic heterocycles. The molecule has 0 N–H and O–H groups in total. The first-order valence-electron chi connectivity index (χ1n) is 3.40. The van der Waals surface area contributed by atoms with Crippen molar-refractivity contribution in [2.45, 2.75) is 6.92 Å². The summed E-state index contributed by atoms with van der Waals surface area (Å²) in [5, 5.41) is 15.3. The normalized spacial score (nSPS) is 4.85. The Morgan fingerprint density at radius 2 is 1.38 bits per heavy atom. The fourth-order valence-electron chi connectivity index (χ4n) is 0. The van der Waals surface area contributed by atoms with Crippen LogP contribution in [0.15, 0.2) is 50.1 Å². The van der Waals surface area contributed by atoms with Gasteiger partial charge in [0.25, 0.3) is 0 Å². The molecule has 13 heavy (non-hydrogen) atoms. The van der Waals surface area contributed by atoms with Crippen LogP contribution in [0.3, 0.4) is 0 Å². The van der Waals surface area contributed by atoms with Gasteiger partial charge in [0.05, 0.1) is 12.1 Å². The monoisotopic (exact) mass is 174 g/mol. The van der Waals surface area contributed by atoms with Gasteiger partial charge in [0, 0.05) is 11.6 Å². The van der Waals surface area contributed by atoms with Crippen LogP contribution in [0.2, 0.25) is 0 Å². The first-order valence-corrected chi connectivity index (χ1v) is 3.40. The van der Waals surface area contributed by atoms with Crippen LogP contribution in [0.1, 0.15) is 6.92 Å². The van der Waals surface area contributed by atoms with E-state index in [2.05, 4.69) is 26.3 Å². The summed E-state index contributed by atoms with van der Waals surface area (Å²) in [7, 11) is 0. The second-order valence-corrected chi connectivity index (χ2v) is 1.70. The minimum atomic E-state index is 0.560. The van der Waals surface area contributed by atoms with Gasteiger partial charge in [-0.1, -0.05) is 38.5 Å². The molecule has 0 radical (unpaired) electrons. The summed E-state index contributed by atoms with van der Waals surface area (Å²) in [6.45, 7) is 14.8. The van der Waals surface area contributed by atoms with E-state index in [1.165, 1.54) is 6.08 Å². The van der Waals surface area contributed by atoms with Crippen molar-refractivity contribution in [2.75, 3.05) is 0 Å². The zero-order valence-electron chi connectivity index (χ0n) is 7.95. The van der Waals surface area contributed by atoms with Crippen molar-refractivity contribution in [1.82, 2.24) is 0 Å². The van der Waals surface area contributed by atoms with E-state index in [-0.39, 0.29) is 0 Å². The molecule has 0 aromatic carbocycles. The summed E-state index contributed by atoms with van der Waals surface area (Å²) in [5.41, 5.74) is 0.560. The first kappa shape index (κ1) is 17.1. The van der Waals surface area contributed by atoms with Crippen LogP contribution in [-0.4, -0.2) is 0 Å². The maximum atomic E-state index is 7.79. The smallest absolute Gasteiger partial charge is 0.0937 e. The van der Waals surface area contributed by atoms with Crippen molar-refractivity contribution in [2.24, 2.45) is 0 Å². The quantitative estimate of drug-likeness (QED) is 0.453. The van der Waals surface area contributed by atoms with E-state index in [4.69, 9.17) is 10.5 Å². The van der Waals surface area contributed by atoms with Crippen molar-refractivity contribution in [3.8, 4) is 12.1 Å². The summed E-state index contributed by atoms with van der Waals surface area (Å²) in [4.78, 5) is 0. The molecule has 0 spiro atoms. The summed E-state index contributed by atoms with van der Waals surface area (Å²) in [5.74, 6) is 0. The standard InChI is InChI=1S/C4H5N.C4H6.C3H3N/c1-4(2)3-5;1-3-4-2;1-2-3-4/h1H2,2H3;3-4H,1-2H2;2H,1H2. The molecule has 2 nitrogen and oxygen atoms in total. The van der Waals surface area contributed by atoms with Crippen LogP contribution in [0, 0.1) is 22.7 Å². The third-order valence-electron chi connectivity index (χ3n) is 0.449. The van der Waals surface area contributed by atoms with Crippen molar-refractivity contribution < 1.29 is 0 Å². The zero-order valence-corrected chi connectivity index (χ0v) is 7.95. The highest BCUT2D eigenvalue weighted by molar-refractivity contribution is 5.11. The SMILES string of the molecule is C=C(C)C#N.C=CC#N.C=CC=C. The summed E-state index contributed by atoms with van der Waals surface area (Å²) in [6, 6.07) is 3.53. The van der Waals surface area contributed by atoms with E-state index in [1.54, 1.807) is 25.1 Å². The number of rotatable bonds is 1. The average molecular weight is 174 g/mol. The number of nitrogens with zero attached hydrogens (tertiary/aromatic N) is 2. The van der Waals surface area contributed by atoms with E-state index in [0.717, 1.165) is 0 Å². The Hall–Kier alpha value is -2.06. The van der Waals surface area contributed by atoms with Crippen molar-refractivity contribution in [3.05, 3.63) is 50.1 Å². The number of nitriles is 2. The largest absolute Gasteiger partial charge is 0.193 e. The average Bonchev–Trinajstić information content (AvgIpc) is 2.18. The van der Waals surface area contributed by atoms with Crippen LogP contribution >= 0.6 is 0 Å². The van der Waals surface area contributed by atoms with Gasteiger partial charge in [-0.25, -0.2) is 0 Å². The summed E-state index contributed by atoms with van der Waals surface area (Å²) < 4.78 is 0. The van der Waals surface area contributed by atoms with Gasteiger partial charge < -0.3 is 0 Å². The molecule has 2 heteroatoms. The third-order valence-corrected chi connectivity index (χ3v) is 0.449. The summed E-state index contributed by atoms with van der Waals surface area (Å²) >= 11 is 0. The maximum absolute atomic E-state index is 7.79. The van der Waals surface area contributed by atoms with Gasteiger partial charge in [0.1, 0.15) is 0 Å². The van der Waals surface area contributed by atoms with E-state index in [1.807, 2.05) is 6.07 Å². The molecule has 0 aliphatic carbocycles. The second-order valence-electron chi connectivity index (χ2n) is 1.70. The van der Waals surface area contributed by atoms with Gasteiger partial charge in [-0.2, -0.15) is 10.5 Å². The van der Waals surface area contributed by atoms with Gasteiger partial charge in [-0.15, -0.1) is 0 Å². The molecule has 0 heterocycles. The Labute approximate surface area is 80.4 Å². The molecule has 0 aromatic rings. The number of hydrogen-bond donors (Lipinski definition) is 0. The van der Waals surface area contributed by atoms with E-state index in [9.17, 15) is 0 Å². The molecule has 0 amide bonds. The highest BCUT2D eigenvalue weighted by atomic mass is 14.2. The van der Waals surface area contributed by atoms with E-state index in [0.29, 0.717) is 5.57 Å². The van der Waals surface area contributed by atoms with Crippen LogP contribution in [0.25, 0.3) is 0 Å². The molecule has 0 aromatic heterocycles. The Morgan fingerprint density at radius 3 is 1.38 bits per heavy atom. The Balaban J connectivity index is -0.000000117. The number of hydrogen-bond acceptors (Lipinski definition) is 2. The van der Waals surface area contributed by atoms with Gasteiger partial charge in [-0.05, 0) is 6.92 Å². The molecule has 0 saturated heterocycles. The Kier molecular flexibility index (Phi) is 29.7. The minimum absolute atomic E-state index is 0.560. The topological polar surface area (TPSA) is 47.6 Å². The maximum Gasteiger partial charge on any atom is 0.0937 e. The molecule has 0 aliphatic rings. The molecule has 0 bridgehead atoms. The van der Waals surface area contributed by atoms with Crippen molar-refractivity contribution >= 4 is 0 Å². The molecular weight excluding hydrogens is 160 g/mol. The zero-order chi connectivity index (χ0) is 11.1.